The SMILES string of the molecule is CC(C)CC(CC(C)C)(C(=O)[O-])C(C(=O)[O-])S(=O)(=O)O.[K+].[K+]. The molecule has 0 saturated heterocycles. The van der Waals surface area contributed by atoms with Gasteiger partial charge in [0.2, 0.25) is 0 Å². The van der Waals surface area contributed by atoms with Crippen LogP contribution in [-0.4, -0.2) is 30.2 Å². The van der Waals surface area contributed by atoms with E-state index in [2.05, 4.69) is 0 Å². The largest absolute Gasteiger partial charge is 1.00 e. The summed E-state index contributed by atoms with van der Waals surface area (Å²) in [5.41, 5.74) is -2.23. The minimum Gasteiger partial charge on any atom is -0.549 e. The molecule has 0 bridgehead atoms. The molecule has 0 heterocycles. The van der Waals surface area contributed by atoms with Crippen LogP contribution in [-0.2, 0) is 19.7 Å². The molecule has 0 aliphatic heterocycles. The van der Waals surface area contributed by atoms with E-state index in [1.54, 1.807) is 27.7 Å². The molecule has 0 aromatic rings. The van der Waals surface area contributed by atoms with Crippen LogP contribution in [0.1, 0.15) is 40.5 Å². The predicted octanol–water partition coefficient (Wildman–Crippen LogP) is -7.17. The summed E-state index contributed by atoms with van der Waals surface area (Å²) in [6.45, 7) is 6.48. The maximum atomic E-state index is 11.5. The van der Waals surface area contributed by atoms with Crippen LogP contribution in [0.5, 0.6) is 0 Å². The van der Waals surface area contributed by atoms with Crippen molar-refractivity contribution in [1.29, 1.82) is 0 Å². The van der Waals surface area contributed by atoms with Crippen molar-refractivity contribution in [2.75, 3.05) is 0 Å². The van der Waals surface area contributed by atoms with E-state index in [9.17, 15) is 28.2 Å². The number of hydrogen-bond acceptors (Lipinski definition) is 6. The van der Waals surface area contributed by atoms with Gasteiger partial charge in [-0.15, -0.1) is 0 Å². The maximum Gasteiger partial charge on any atom is 1.00 e. The minimum atomic E-state index is -5.14. The molecule has 1 unspecified atom stereocenters. The molecule has 0 aliphatic carbocycles. The van der Waals surface area contributed by atoms with Crippen molar-refractivity contribution in [1.82, 2.24) is 0 Å². The Morgan fingerprint density at radius 1 is 1.00 bits per heavy atom. The van der Waals surface area contributed by atoms with Crippen molar-refractivity contribution in [2.45, 2.75) is 45.8 Å². The molecule has 0 aromatic carbocycles. The Morgan fingerprint density at radius 2 is 1.32 bits per heavy atom. The molecule has 10 heteroatoms. The van der Waals surface area contributed by atoms with Gasteiger partial charge in [-0.1, -0.05) is 27.7 Å². The molecule has 0 saturated carbocycles. The van der Waals surface area contributed by atoms with Crippen LogP contribution >= 0.6 is 0 Å². The molecular formula is C12H20K2O7S. The van der Waals surface area contributed by atoms with Gasteiger partial charge in [-0.25, -0.2) is 0 Å². The molecule has 0 aromatic heterocycles. The van der Waals surface area contributed by atoms with Crippen molar-refractivity contribution in [3.8, 4) is 0 Å². The summed E-state index contributed by atoms with van der Waals surface area (Å²) >= 11 is 0. The topological polar surface area (TPSA) is 135 Å². The average Bonchev–Trinajstić information content (AvgIpc) is 2.10. The van der Waals surface area contributed by atoms with Gasteiger partial charge in [0, 0.05) is 11.4 Å². The van der Waals surface area contributed by atoms with Crippen LogP contribution in [0, 0.1) is 17.3 Å². The zero-order valence-electron chi connectivity index (χ0n) is 14.0. The molecule has 0 rings (SSSR count). The number of aliphatic carboxylic acids is 2. The molecular weight excluding hydrogens is 366 g/mol. The van der Waals surface area contributed by atoms with Gasteiger partial charge < -0.3 is 19.8 Å². The van der Waals surface area contributed by atoms with Crippen LogP contribution in [0.3, 0.4) is 0 Å². The molecule has 118 valence electrons. The Labute approximate surface area is 216 Å². The molecule has 7 nitrogen and oxygen atoms in total. The standard InChI is InChI=1S/C12H22O7S.2K/c1-7(2)5-12(11(15)16,6-8(3)4)9(10(13)14)20(17,18)19;;/h7-9H,5-6H2,1-4H3,(H,13,14)(H,15,16)(H,17,18,19);;/q;2*+1/p-2. The smallest absolute Gasteiger partial charge is 0.549 e. The first-order chi connectivity index (χ1) is 8.84. The second-order valence-electron chi connectivity index (χ2n) is 5.85. The molecule has 0 aliphatic rings. The fourth-order valence-corrected chi connectivity index (χ4v) is 3.76. The molecule has 1 N–H and O–H groups in total. The zero-order chi connectivity index (χ0) is 16.3. The summed E-state index contributed by atoms with van der Waals surface area (Å²) in [5.74, 6) is -4.57. The average molecular weight is 387 g/mol. The zero-order valence-corrected chi connectivity index (χ0v) is 21.0. The van der Waals surface area contributed by atoms with Crippen molar-refractivity contribution in [2.24, 2.45) is 17.3 Å². The Balaban J connectivity index is -0.00000180. The normalized spacial score (nSPS) is 13.2. The van der Waals surface area contributed by atoms with E-state index < -0.39 is 32.7 Å². The Bertz CT molecular complexity index is 464. The Hall–Kier alpha value is 2.12. The minimum absolute atomic E-state index is 0. The molecule has 0 radical (unpaired) electrons. The van der Waals surface area contributed by atoms with E-state index in [1.165, 1.54) is 0 Å². The first kappa shape index (κ1) is 28.9. The first-order valence-corrected chi connectivity index (χ1v) is 7.73. The van der Waals surface area contributed by atoms with Crippen LogP contribution in [0.15, 0.2) is 0 Å². The quantitative estimate of drug-likeness (QED) is 0.323. The number of rotatable bonds is 8. The fraction of sp³-hybridized carbons (Fsp3) is 0.833. The number of carbonyl (C=O) groups is 2. The van der Waals surface area contributed by atoms with E-state index >= 15 is 0 Å². The first-order valence-electron chi connectivity index (χ1n) is 6.23. The van der Waals surface area contributed by atoms with Crippen molar-refractivity contribution < 1.29 is 136 Å². The van der Waals surface area contributed by atoms with Crippen LogP contribution in [0.2, 0.25) is 0 Å². The summed E-state index contributed by atoms with van der Waals surface area (Å²) in [7, 11) is -5.14. The van der Waals surface area contributed by atoms with Gasteiger partial charge in [0.25, 0.3) is 10.1 Å². The summed E-state index contributed by atoms with van der Waals surface area (Å²) in [4.78, 5) is 22.6. The second-order valence-corrected chi connectivity index (χ2v) is 7.35. The van der Waals surface area contributed by atoms with Gasteiger partial charge in [0.15, 0.2) is 0 Å². The summed E-state index contributed by atoms with van der Waals surface area (Å²) < 4.78 is 31.8. The second kappa shape index (κ2) is 11.7. The van der Waals surface area contributed by atoms with Gasteiger partial charge in [-0.3, -0.25) is 4.55 Å². The van der Waals surface area contributed by atoms with Crippen LogP contribution in [0.25, 0.3) is 0 Å². The van der Waals surface area contributed by atoms with Crippen molar-refractivity contribution in [3.63, 3.8) is 0 Å². The summed E-state index contributed by atoms with van der Waals surface area (Å²) in [6.07, 6.45) is -0.516. The van der Waals surface area contributed by atoms with Crippen LogP contribution in [0.4, 0.5) is 0 Å². The van der Waals surface area contributed by atoms with Gasteiger partial charge >= 0.3 is 103 Å². The molecule has 22 heavy (non-hydrogen) atoms. The Morgan fingerprint density at radius 3 is 1.45 bits per heavy atom. The van der Waals surface area contributed by atoms with E-state index in [4.69, 9.17) is 4.55 Å². The van der Waals surface area contributed by atoms with E-state index in [0.717, 1.165) is 0 Å². The third kappa shape index (κ3) is 8.48. The predicted molar refractivity (Wildman–Crippen MR) is 66.7 cm³/mol. The third-order valence-electron chi connectivity index (χ3n) is 2.97. The summed E-state index contributed by atoms with van der Waals surface area (Å²) in [5, 5.41) is 20.1. The van der Waals surface area contributed by atoms with E-state index in [-0.39, 0.29) is 127 Å². The third-order valence-corrected chi connectivity index (χ3v) is 4.20. The van der Waals surface area contributed by atoms with E-state index in [0.29, 0.717) is 0 Å². The molecule has 0 spiro atoms. The number of carboxylic acid groups (broad SMARTS) is 2. The Kier molecular flexibility index (Phi) is 15.4. The maximum absolute atomic E-state index is 11.5. The van der Waals surface area contributed by atoms with Gasteiger partial charge in [-0.05, 0) is 24.7 Å². The van der Waals surface area contributed by atoms with Crippen molar-refractivity contribution >= 4 is 22.1 Å². The fourth-order valence-electron chi connectivity index (χ4n) is 2.66. The van der Waals surface area contributed by atoms with Crippen LogP contribution < -0.4 is 113 Å². The van der Waals surface area contributed by atoms with E-state index in [1.807, 2.05) is 0 Å². The number of hydrogen-bond donors (Lipinski definition) is 1. The van der Waals surface area contributed by atoms with Gasteiger partial charge in [0.1, 0.15) is 5.25 Å². The monoisotopic (exact) mass is 386 g/mol. The molecule has 0 fully saturated rings. The van der Waals surface area contributed by atoms with Crippen molar-refractivity contribution in [3.05, 3.63) is 0 Å². The van der Waals surface area contributed by atoms with Gasteiger partial charge in [-0.2, -0.15) is 8.42 Å². The molecule has 1 atom stereocenters. The summed E-state index contributed by atoms with van der Waals surface area (Å²) in [6, 6.07) is 0. The number of carboxylic acids is 2. The number of carbonyl (C=O) groups excluding carboxylic acids is 2. The van der Waals surface area contributed by atoms with Gasteiger partial charge in [0.05, 0.1) is 5.97 Å². The molecule has 0 amide bonds.